The molecule has 0 bridgehead atoms. The van der Waals surface area contributed by atoms with Gasteiger partial charge in [-0.2, -0.15) is 0 Å². The van der Waals surface area contributed by atoms with Crippen molar-refractivity contribution in [3.63, 3.8) is 0 Å². The van der Waals surface area contributed by atoms with Crippen LogP contribution in [0, 0.1) is 5.92 Å². The minimum atomic E-state index is 0.258. The summed E-state index contributed by atoms with van der Waals surface area (Å²) in [6, 6.07) is 8.20. The molecule has 1 aromatic carbocycles. The number of piperidine rings is 1. The molecular formula is C16H22N2O2. The second-order valence-corrected chi connectivity index (χ2v) is 5.74. The van der Waals surface area contributed by atoms with Crippen LogP contribution in [0.2, 0.25) is 0 Å². The second-order valence-electron chi connectivity index (χ2n) is 5.74. The molecule has 108 valence electrons. The lowest BCUT2D eigenvalue weighted by Gasteiger charge is -2.37. The number of hydrogen-bond acceptors (Lipinski definition) is 3. The highest BCUT2D eigenvalue weighted by Crippen LogP contribution is 2.27. The van der Waals surface area contributed by atoms with Gasteiger partial charge in [0.15, 0.2) is 0 Å². The Kier molecular flexibility index (Phi) is 3.92. The fourth-order valence-corrected chi connectivity index (χ4v) is 3.40. The van der Waals surface area contributed by atoms with Gasteiger partial charge in [0.25, 0.3) is 0 Å². The molecule has 0 saturated carbocycles. The van der Waals surface area contributed by atoms with E-state index in [9.17, 15) is 4.79 Å². The standard InChI is InChI=1S/C16H22N2O2/c1-20-14-6-4-12(5-7-14)9-16(19)18-8-2-3-13-10-17-11-15(13)18/h4-7,13,15,17H,2-3,8-11H2,1H3. The normalized spacial score (nSPS) is 25.4. The highest BCUT2D eigenvalue weighted by Gasteiger charge is 2.36. The molecule has 2 atom stereocenters. The van der Waals surface area contributed by atoms with Crippen LogP contribution < -0.4 is 10.1 Å². The summed E-state index contributed by atoms with van der Waals surface area (Å²) in [7, 11) is 1.65. The lowest BCUT2D eigenvalue weighted by atomic mass is 9.91. The average molecular weight is 274 g/mol. The first-order chi connectivity index (χ1) is 9.78. The lowest BCUT2D eigenvalue weighted by molar-refractivity contribution is -0.134. The van der Waals surface area contributed by atoms with Crippen molar-refractivity contribution in [3.8, 4) is 5.75 Å². The number of nitrogens with one attached hydrogen (secondary N) is 1. The fourth-order valence-electron chi connectivity index (χ4n) is 3.40. The maximum atomic E-state index is 12.5. The van der Waals surface area contributed by atoms with Crippen LogP contribution in [0.25, 0.3) is 0 Å². The molecule has 2 fully saturated rings. The van der Waals surface area contributed by atoms with E-state index in [0.717, 1.165) is 37.4 Å². The summed E-state index contributed by atoms with van der Waals surface area (Å²) < 4.78 is 5.14. The van der Waals surface area contributed by atoms with E-state index in [-0.39, 0.29) is 5.91 Å². The Labute approximate surface area is 120 Å². The van der Waals surface area contributed by atoms with E-state index in [1.807, 2.05) is 24.3 Å². The number of hydrogen-bond donors (Lipinski definition) is 1. The van der Waals surface area contributed by atoms with Crippen LogP contribution in [-0.2, 0) is 11.2 Å². The first-order valence-electron chi connectivity index (χ1n) is 7.41. The topological polar surface area (TPSA) is 41.6 Å². The third-order valence-electron chi connectivity index (χ3n) is 4.51. The second kappa shape index (κ2) is 5.83. The van der Waals surface area contributed by atoms with Crippen molar-refractivity contribution < 1.29 is 9.53 Å². The van der Waals surface area contributed by atoms with Gasteiger partial charge in [0.05, 0.1) is 13.5 Å². The van der Waals surface area contributed by atoms with Crippen molar-refractivity contribution in [3.05, 3.63) is 29.8 Å². The molecule has 0 aliphatic carbocycles. The zero-order valence-corrected chi connectivity index (χ0v) is 12.0. The van der Waals surface area contributed by atoms with Crippen LogP contribution in [0.4, 0.5) is 0 Å². The van der Waals surface area contributed by atoms with Crippen molar-refractivity contribution in [2.24, 2.45) is 5.92 Å². The minimum absolute atomic E-state index is 0.258. The molecule has 4 nitrogen and oxygen atoms in total. The molecule has 0 radical (unpaired) electrons. The summed E-state index contributed by atoms with van der Waals surface area (Å²) in [6.07, 6.45) is 2.88. The van der Waals surface area contributed by atoms with Gasteiger partial charge in [-0.05, 0) is 36.5 Å². The third-order valence-corrected chi connectivity index (χ3v) is 4.51. The summed E-state index contributed by atoms with van der Waals surface area (Å²) in [6.45, 7) is 2.94. The number of carbonyl (C=O) groups excluding carboxylic acids is 1. The van der Waals surface area contributed by atoms with Crippen LogP contribution in [0.3, 0.4) is 0 Å². The summed E-state index contributed by atoms with van der Waals surface area (Å²) in [5, 5.41) is 3.42. The van der Waals surface area contributed by atoms with E-state index < -0.39 is 0 Å². The van der Waals surface area contributed by atoms with Crippen molar-refractivity contribution >= 4 is 5.91 Å². The van der Waals surface area contributed by atoms with Crippen molar-refractivity contribution in [2.75, 3.05) is 26.7 Å². The Bertz CT molecular complexity index is 472. The third kappa shape index (κ3) is 2.66. The summed E-state index contributed by atoms with van der Waals surface area (Å²) >= 11 is 0. The van der Waals surface area contributed by atoms with E-state index in [1.54, 1.807) is 7.11 Å². The molecular weight excluding hydrogens is 252 g/mol. The number of likely N-dealkylation sites (tertiary alicyclic amines) is 1. The molecule has 1 amide bonds. The molecule has 4 heteroatoms. The van der Waals surface area contributed by atoms with Gasteiger partial charge in [0.1, 0.15) is 5.75 Å². The maximum Gasteiger partial charge on any atom is 0.227 e. The van der Waals surface area contributed by atoms with Gasteiger partial charge in [-0.25, -0.2) is 0 Å². The number of benzene rings is 1. The van der Waals surface area contributed by atoms with Crippen LogP contribution in [-0.4, -0.2) is 43.6 Å². The first kappa shape index (κ1) is 13.4. The quantitative estimate of drug-likeness (QED) is 0.907. The van der Waals surface area contributed by atoms with Crippen molar-refractivity contribution in [2.45, 2.75) is 25.3 Å². The number of ether oxygens (including phenoxy) is 1. The Morgan fingerprint density at radius 3 is 2.90 bits per heavy atom. The predicted molar refractivity (Wildman–Crippen MR) is 77.8 cm³/mol. The van der Waals surface area contributed by atoms with Crippen LogP contribution in [0.15, 0.2) is 24.3 Å². The van der Waals surface area contributed by atoms with Crippen molar-refractivity contribution in [1.29, 1.82) is 0 Å². The number of carbonyl (C=O) groups is 1. The molecule has 2 heterocycles. The molecule has 2 aliphatic rings. The van der Waals surface area contributed by atoms with Gasteiger partial charge in [-0.1, -0.05) is 12.1 Å². The molecule has 2 aliphatic heterocycles. The molecule has 1 aromatic rings. The number of amides is 1. The zero-order valence-electron chi connectivity index (χ0n) is 12.0. The molecule has 0 aromatic heterocycles. The Morgan fingerprint density at radius 2 is 2.15 bits per heavy atom. The Morgan fingerprint density at radius 1 is 1.35 bits per heavy atom. The average Bonchev–Trinajstić information content (AvgIpc) is 2.96. The van der Waals surface area contributed by atoms with E-state index in [1.165, 1.54) is 6.42 Å². The van der Waals surface area contributed by atoms with Gasteiger partial charge in [-0.3, -0.25) is 4.79 Å². The van der Waals surface area contributed by atoms with Crippen LogP contribution in [0.1, 0.15) is 18.4 Å². The van der Waals surface area contributed by atoms with E-state index in [0.29, 0.717) is 18.4 Å². The Balaban J connectivity index is 1.65. The van der Waals surface area contributed by atoms with Gasteiger partial charge < -0.3 is 15.0 Å². The molecule has 20 heavy (non-hydrogen) atoms. The first-order valence-corrected chi connectivity index (χ1v) is 7.41. The molecule has 2 saturated heterocycles. The highest BCUT2D eigenvalue weighted by atomic mass is 16.5. The smallest absolute Gasteiger partial charge is 0.227 e. The number of rotatable bonds is 3. The van der Waals surface area contributed by atoms with Gasteiger partial charge in [-0.15, -0.1) is 0 Å². The van der Waals surface area contributed by atoms with Gasteiger partial charge >= 0.3 is 0 Å². The highest BCUT2D eigenvalue weighted by molar-refractivity contribution is 5.79. The molecule has 1 N–H and O–H groups in total. The molecule has 3 rings (SSSR count). The fraction of sp³-hybridized carbons (Fsp3) is 0.562. The SMILES string of the molecule is COc1ccc(CC(=O)N2CCCC3CNCC32)cc1. The van der Waals surface area contributed by atoms with Gasteiger partial charge in [0.2, 0.25) is 5.91 Å². The van der Waals surface area contributed by atoms with E-state index >= 15 is 0 Å². The number of fused-ring (bicyclic) bond motifs is 1. The molecule has 0 spiro atoms. The lowest BCUT2D eigenvalue weighted by Crippen LogP contribution is -2.48. The largest absolute Gasteiger partial charge is 0.497 e. The number of nitrogens with zero attached hydrogens (tertiary/aromatic N) is 1. The van der Waals surface area contributed by atoms with E-state index in [2.05, 4.69) is 10.2 Å². The van der Waals surface area contributed by atoms with Crippen LogP contribution >= 0.6 is 0 Å². The predicted octanol–water partition coefficient (Wildman–Crippen LogP) is 1.45. The Hall–Kier alpha value is -1.55. The van der Waals surface area contributed by atoms with Crippen molar-refractivity contribution in [1.82, 2.24) is 10.2 Å². The minimum Gasteiger partial charge on any atom is -0.497 e. The maximum absolute atomic E-state index is 12.5. The van der Waals surface area contributed by atoms with Gasteiger partial charge in [0, 0.05) is 25.7 Å². The molecule has 2 unspecified atom stereocenters. The van der Waals surface area contributed by atoms with Crippen LogP contribution in [0.5, 0.6) is 5.75 Å². The number of methoxy groups -OCH3 is 1. The summed E-state index contributed by atoms with van der Waals surface area (Å²) in [4.78, 5) is 14.6. The van der Waals surface area contributed by atoms with E-state index in [4.69, 9.17) is 4.74 Å². The summed E-state index contributed by atoms with van der Waals surface area (Å²) in [5.41, 5.74) is 1.06. The monoisotopic (exact) mass is 274 g/mol. The summed E-state index contributed by atoms with van der Waals surface area (Å²) in [5.74, 6) is 1.75. The zero-order chi connectivity index (χ0) is 13.9.